The molecule has 2 aliphatic rings. The van der Waals surface area contributed by atoms with Gasteiger partial charge < -0.3 is 53.3 Å². The van der Waals surface area contributed by atoms with Crippen molar-refractivity contribution < 1.29 is 69.8 Å². The summed E-state index contributed by atoms with van der Waals surface area (Å²) in [7, 11) is 4.40. The number of halogens is 4. The van der Waals surface area contributed by atoms with E-state index in [-0.39, 0.29) is 57.6 Å². The largest absolute Gasteiger partial charge is 0.493 e. The minimum atomic E-state index is -0.765. The molecule has 2 aliphatic heterocycles. The smallest absolute Gasteiger partial charge is 0.280 e. The maximum absolute atomic E-state index is 15.2. The Balaban J connectivity index is 0.000000172. The van der Waals surface area contributed by atoms with Crippen LogP contribution in [0, 0.1) is 37.1 Å². The van der Waals surface area contributed by atoms with Gasteiger partial charge in [-0.25, -0.2) is 46.9 Å². The molecule has 416 valence electrons. The molecule has 0 bridgehead atoms. The number of methoxy groups -OCH3 is 3. The Bertz CT molecular complexity index is 4140. The van der Waals surface area contributed by atoms with Crippen molar-refractivity contribution in [3.63, 3.8) is 0 Å². The molecule has 12 rings (SSSR count). The second-order valence-electron chi connectivity index (χ2n) is 17.9. The highest BCUT2D eigenvalue weighted by Gasteiger charge is 2.28. The molecular formula is C57H44F4N10O11. The van der Waals surface area contributed by atoms with E-state index < -0.39 is 29.3 Å². The maximum Gasteiger partial charge on any atom is 0.280 e. The van der Waals surface area contributed by atoms with Crippen LogP contribution in [0.3, 0.4) is 0 Å². The summed E-state index contributed by atoms with van der Waals surface area (Å²) >= 11 is 0. The van der Waals surface area contributed by atoms with Gasteiger partial charge in [-0.1, -0.05) is 0 Å². The fourth-order valence-corrected chi connectivity index (χ4v) is 8.86. The van der Waals surface area contributed by atoms with Gasteiger partial charge in [-0.05, 0) is 91.7 Å². The summed E-state index contributed by atoms with van der Waals surface area (Å²) in [4.78, 5) is 42.7. The van der Waals surface area contributed by atoms with Crippen LogP contribution in [0.2, 0.25) is 0 Å². The number of hydrogen-bond donors (Lipinski definition) is 2. The van der Waals surface area contributed by atoms with Crippen LogP contribution >= 0.6 is 0 Å². The molecule has 0 spiro atoms. The van der Waals surface area contributed by atoms with Crippen molar-refractivity contribution >= 4 is 45.0 Å². The zero-order chi connectivity index (χ0) is 57.2. The molecule has 25 heteroatoms. The van der Waals surface area contributed by atoms with Crippen LogP contribution in [-0.2, 0) is 0 Å². The van der Waals surface area contributed by atoms with Gasteiger partial charge in [-0.2, -0.15) is 10.2 Å². The van der Waals surface area contributed by atoms with Crippen LogP contribution in [0.15, 0.2) is 116 Å². The van der Waals surface area contributed by atoms with Gasteiger partial charge in [0.25, 0.3) is 11.8 Å². The van der Waals surface area contributed by atoms with Crippen molar-refractivity contribution in [1.82, 2.24) is 39.5 Å². The van der Waals surface area contributed by atoms with Gasteiger partial charge in [0.15, 0.2) is 63.3 Å². The lowest BCUT2D eigenvalue weighted by molar-refractivity contribution is 0.101. The number of ether oxygens (including phenoxy) is 9. The van der Waals surface area contributed by atoms with Crippen LogP contribution in [0.5, 0.6) is 63.5 Å². The minimum Gasteiger partial charge on any atom is -0.493 e. The van der Waals surface area contributed by atoms with Crippen molar-refractivity contribution in [2.45, 2.75) is 13.8 Å². The first-order chi connectivity index (χ1) is 39.8. The predicted molar refractivity (Wildman–Crippen MR) is 286 cm³/mol. The van der Waals surface area contributed by atoms with E-state index in [0.717, 1.165) is 12.1 Å². The fourth-order valence-electron chi connectivity index (χ4n) is 8.86. The van der Waals surface area contributed by atoms with E-state index in [1.54, 1.807) is 44.3 Å². The molecule has 4 aromatic heterocycles. The summed E-state index contributed by atoms with van der Waals surface area (Å²) in [6, 6.07) is 21.1. The molecule has 21 nitrogen and oxygen atoms in total. The van der Waals surface area contributed by atoms with Crippen molar-refractivity contribution in [3.05, 3.63) is 162 Å². The number of carbonyl (C=O) groups is 2. The number of anilines is 2. The van der Waals surface area contributed by atoms with Crippen molar-refractivity contribution in [3.8, 4) is 74.9 Å². The first-order valence-corrected chi connectivity index (χ1v) is 24.8. The zero-order valence-corrected chi connectivity index (χ0v) is 43.9. The number of fused-ring (bicyclic) bond motifs is 6. The van der Waals surface area contributed by atoms with E-state index in [1.165, 1.54) is 104 Å². The molecule has 0 atom stereocenters. The molecule has 10 aromatic rings. The van der Waals surface area contributed by atoms with Crippen LogP contribution < -0.4 is 53.3 Å². The number of amides is 2. The van der Waals surface area contributed by atoms with E-state index in [4.69, 9.17) is 42.6 Å². The Morgan fingerprint density at radius 2 is 0.988 bits per heavy atom. The molecule has 0 radical (unpaired) electrons. The maximum atomic E-state index is 15.2. The van der Waals surface area contributed by atoms with Crippen LogP contribution in [-0.4, -0.2) is 99.1 Å². The standard InChI is InChI=1S/C29H23F2N5O6.C28H21F2N5O5/c1-15-10-16(30)4-6-20(15)36-13-23(39-3)25(35-36)28(37)34-17-5-7-21(18(31)11-17)42-29-24-19(32-14-33-29)12-22(38-2)26-27(24)41-9-8-40-26;1-15-11-16(29)3-5-21(15)35-8-7-19(34-35)27(36)33-17-4-6-22(18(30)12-17)40-28-24-20(31-14-32-28)13-23(37-2)25-26(24)39-10-9-38-25/h4-7,10-14H,8-9H2,1-3H3,(H,34,37);3-8,11-14H,9-10H2,1-2H3,(H,33,36). The molecule has 2 N–H and O–H groups in total. The number of nitrogens with one attached hydrogen (secondary N) is 2. The van der Waals surface area contributed by atoms with Crippen LogP contribution in [0.4, 0.5) is 28.9 Å². The van der Waals surface area contributed by atoms with Crippen molar-refractivity contribution in [2.24, 2.45) is 0 Å². The Labute approximate surface area is 461 Å². The Hall–Kier alpha value is -10.7. The van der Waals surface area contributed by atoms with Crippen LogP contribution in [0.25, 0.3) is 33.2 Å². The summed E-state index contributed by atoms with van der Waals surface area (Å²) in [5.74, 6) is -1.13. The molecule has 2 amide bonds. The molecule has 0 saturated heterocycles. The lowest BCUT2D eigenvalue weighted by atomic mass is 10.1. The molecule has 0 aliphatic carbocycles. The highest BCUT2D eigenvalue weighted by Crippen LogP contribution is 2.49. The third kappa shape index (κ3) is 10.6. The first-order valence-electron chi connectivity index (χ1n) is 24.8. The second-order valence-corrected chi connectivity index (χ2v) is 17.9. The third-order valence-electron chi connectivity index (χ3n) is 12.7. The number of rotatable bonds is 13. The summed E-state index contributed by atoms with van der Waals surface area (Å²) in [5, 5.41) is 14.6. The summed E-state index contributed by atoms with van der Waals surface area (Å²) in [6.45, 7) is 4.72. The van der Waals surface area contributed by atoms with Gasteiger partial charge in [0, 0.05) is 41.8 Å². The van der Waals surface area contributed by atoms with E-state index in [2.05, 4.69) is 40.8 Å². The number of nitrogens with zero attached hydrogens (tertiary/aromatic N) is 8. The average molecular weight is 1120 g/mol. The predicted octanol–water partition coefficient (Wildman–Crippen LogP) is 10.5. The Morgan fingerprint density at radius 1 is 0.512 bits per heavy atom. The topological polar surface area (TPSA) is 228 Å². The lowest BCUT2D eigenvalue weighted by Crippen LogP contribution is -2.16. The number of aromatic nitrogens is 8. The SMILES string of the molecule is COc1cc2ncnc(Oc3ccc(NC(=O)c4ccn(-c5ccc(F)cc5C)n4)cc3F)c2c2c1OCCO2.COc1cn(-c2ccc(F)cc2C)nc1C(=O)Nc1ccc(Oc2ncnc3cc(OC)c4c(c23)OCCO4)c(F)c1. The van der Waals surface area contributed by atoms with Gasteiger partial charge in [0.1, 0.15) is 61.5 Å². The fraction of sp³-hybridized carbons (Fsp3) is 0.158. The van der Waals surface area contributed by atoms with E-state index >= 15 is 8.78 Å². The van der Waals surface area contributed by atoms with Crippen molar-refractivity contribution in [2.75, 3.05) is 58.4 Å². The number of benzene rings is 6. The highest BCUT2D eigenvalue weighted by atomic mass is 19.1. The molecule has 0 fully saturated rings. The Morgan fingerprint density at radius 3 is 1.46 bits per heavy atom. The van der Waals surface area contributed by atoms with Gasteiger partial charge in [0.2, 0.25) is 23.3 Å². The first kappa shape index (κ1) is 53.3. The molecule has 82 heavy (non-hydrogen) atoms. The zero-order valence-electron chi connectivity index (χ0n) is 43.9. The Kier molecular flexibility index (Phi) is 14.7. The summed E-state index contributed by atoms with van der Waals surface area (Å²) in [6.07, 6.45) is 5.65. The van der Waals surface area contributed by atoms with Gasteiger partial charge >= 0.3 is 0 Å². The molecule has 0 unspecified atom stereocenters. The monoisotopic (exact) mass is 1120 g/mol. The normalized spacial score (nSPS) is 12.3. The molecular weight excluding hydrogens is 1080 g/mol. The summed E-state index contributed by atoms with van der Waals surface area (Å²) in [5.41, 5.74) is 3.76. The average Bonchev–Trinajstić information content (AvgIpc) is 4.16. The van der Waals surface area contributed by atoms with Crippen molar-refractivity contribution in [1.29, 1.82) is 0 Å². The second kappa shape index (κ2) is 22.6. The molecule has 6 heterocycles. The molecule has 0 saturated carbocycles. The van der Waals surface area contributed by atoms with Crippen LogP contribution in [0.1, 0.15) is 32.1 Å². The quantitative estimate of drug-likeness (QED) is 0.102. The number of carbonyl (C=O) groups excluding carboxylic acids is 2. The minimum absolute atomic E-state index is 0.0446. The van der Waals surface area contributed by atoms with Gasteiger partial charge in [-0.3, -0.25) is 9.59 Å². The summed E-state index contributed by atoms with van der Waals surface area (Å²) < 4.78 is 111. The van der Waals surface area contributed by atoms with Gasteiger partial charge in [-0.15, -0.1) is 0 Å². The molecule has 6 aromatic carbocycles. The van der Waals surface area contributed by atoms with Gasteiger partial charge in [0.05, 0.1) is 49.9 Å². The van der Waals surface area contributed by atoms with E-state index in [1.807, 2.05) is 0 Å². The lowest BCUT2D eigenvalue weighted by Gasteiger charge is -2.22. The van der Waals surface area contributed by atoms with E-state index in [9.17, 15) is 18.4 Å². The number of aryl methyl sites for hydroxylation is 2. The highest BCUT2D eigenvalue weighted by molar-refractivity contribution is 6.05. The van der Waals surface area contributed by atoms with E-state index in [0.29, 0.717) is 105 Å². The third-order valence-corrected chi connectivity index (χ3v) is 12.7. The number of hydrogen-bond acceptors (Lipinski definition) is 17.